The molecule has 7 heteroatoms. The lowest BCUT2D eigenvalue weighted by atomic mass is 10.1. The van der Waals surface area contributed by atoms with Crippen LogP contribution in [0.25, 0.3) is 0 Å². The molecule has 2 rings (SSSR count). The summed E-state index contributed by atoms with van der Waals surface area (Å²) >= 11 is 1.09. The van der Waals surface area contributed by atoms with Gasteiger partial charge in [0.1, 0.15) is 5.00 Å². The highest BCUT2D eigenvalue weighted by Gasteiger charge is 2.26. The monoisotopic (exact) mass is 388 g/mol. The summed E-state index contributed by atoms with van der Waals surface area (Å²) < 4.78 is 4.82. The Morgan fingerprint density at radius 2 is 1.81 bits per heavy atom. The van der Waals surface area contributed by atoms with E-state index < -0.39 is 5.97 Å². The molecule has 2 aromatic rings. The van der Waals surface area contributed by atoms with Crippen LogP contribution in [0.4, 0.5) is 5.00 Å². The van der Waals surface area contributed by atoms with Gasteiger partial charge in [0.05, 0.1) is 17.6 Å². The van der Waals surface area contributed by atoms with E-state index >= 15 is 0 Å². The molecule has 0 radical (unpaired) electrons. The SMILES string of the molecule is COC(=O)c1c(NC(=O)C(C)C)sc(C(=O)NCCc2ccccc2)c1C. The molecule has 0 unspecified atom stereocenters. The predicted octanol–water partition coefficient (Wildman–Crippen LogP) is 3.41. The first kappa shape index (κ1) is 20.6. The number of benzene rings is 1. The third kappa shape index (κ3) is 5.17. The molecule has 0 fully saturated rings. The molecule has 2 amide bonds. The second-order valence-electron chi connectivity index (χ2n) is 6.39. The molecule has 0 aliphatic heterocycles. The third-order valence-corrected chi connectivity index (χ3v) is 5.25. The van der Waals surface area contributed by atoms with Crippen molar-refractivity contribution in [3.8, 4) is 0 Å². The Labute approximate surface area is 162 Å². The second-order valence-corrected chi connectivity index (χ2v) is 7.41. The molecule has 2 N–H and O–H groups in total. The van der Waals surface area contributed by atoms with Gasteiger partial charge in [-0.05, 0) is 24.5 Å². The van der Waals surface area contributed by atoms with E-state index in [0.717, 1.165) is 16.9 Å². The van der Waals surface area contributed by atoms with Gasteiger partial charge in [0.2, 0.25) is 5.91 Å². The van der Waals surface area contributed by atoms with Gasteiger partial charge in [-0.2, -0.15) is 0 Å². The van der Waals surface area contributed by atoms with Gasteiger partial charge in [0, 0.05) is 12.5 Å². The highest BCUT2D eigenvalue weighted by atomic mass is 32.1. The van der Waals surface area contributed by atoms with Crippen molar-refractivity contribution < 1.29 is 19.1 Å². The van der Waals surface area contributed by atoms with Crippen molar-refractivity contribution in [3.05, 3.63) is 51.9 Å². The Morgan fingerprint density at radius 3 is 2.41 bits per heavy atom. The molecule has 1 aromatic carbocycles. The van der Waals surface area contributed by atoms with Crippen LogP contribution < -0.4 is 10.6 Å². The zero-order chi connectivity index (χ0) is 20.0. The zero-order valence-electron chi connectivity index (χ0n) is 15.9. The number of amides is 2. The molecule has 0 atom stereocenters. The lowest BCUT2D eigenvalue weighted by molar-refractivity contribution is -0.118. The Kier molecular flexibility index (Phi) is 7.12. The minimum Gasteiger partial charge on any atom is -0.465 e. The van der Waals surface area contributed by atoms with Crippen molar-refractivity contribution in [1.29, 1.82) is 0 Å². The molecule has 0 saturated heterocycles. The normalized spacial score (nSPS) is 10.6. The highest BCUT2D eigenvalue weighted by molar-refractivity contribution is 7.18. The number of methoxy groups -OCH3 is 1. The van der Waals surface area contributed by atoms with Crippen LogP contribution in [0.1, 0.15) is 45.0 Å². The van der Waals surface area contributed by atoms with E-state index in [2.05, 4.69) is 10.6 Å². The summed E-state index contributed by atoms with van der Waals surface area (Å²) in [6, 6.07) is 9.84. The second kappa shape index (κ2) is 9.32. The van der Waals surface area contributed by atoms with Crippen LogP contribution >= 0.6 is 11.3 Å². The number of hydrogen-bond acceptors (Lipinski definition) is 5. The van der Waals surface area contributed by atoms with Gasteiger partial charge in [-0.15, -0.1) is 11.3 Å². The fourth-order valence-electron chi connectivity index (χ4n) is 2.47. The summed E-state index contributed by atoms with van der Waals surface area (Å²) in [5.41, 5.74) is 1.86. The fraction of sp³-hybridized carbons (Fsp3) is 0.350. The maximum atomic E-state index is 12.6. The van der Waals surface area contributed by atoms with Crippen molar-refractivity contribution >= 4 is 34.1 Å². The van der Waals surface area contributed by atoms with Gasteiger partial charge < -0.3 is 15.4 Å². The van der Waals surface area contributed by atoms with Crippen molar-refractivity contribution in [2.75, 3.05) is 19.0 Å². The van der Waals surface area contributed by atoms with Gasteiger partial charge >= 0.3 is 5.97 Å². The number of anilines is 1. The maximum absolute atomic E-state index is 12.6. The van der Waals surface area contributed by atoms with Gasteiger partial charge in [0.15, 0.2) is 0 Å². The van der Waals surface area contributed by atoms with Crippen molar-refractivity contribution in [2.45, 2.75) is 27.2 Å². The summed E-state index contributed by atoms with van der Waals surface area (Å²) in [7, 11) is 1.27. The van der Waals surface area contributed by atoms with E-state index in [0.29, 0.717) is 28.4 Å². The summed E-state index contributed by atoms with van der Waals surface area (Å²) in [6.45, 7) is 5.66. The van der Waals surface area contributed by atoms with E-state index in [1.807, 2.05) is 30.3 Å². The van der Waals surface area contributed by atoms with Crippen LogP contribution in [0.3, 0.4) is 0 Å². The first-order valence-electron chi connectivity index (χ1n) is 8.69. The van der Waals surface area contributed by atoms with Gasteiger partial charge in [-0.25, -0.2) is 4.79 Å². The number of esters is 1. The number of rotatable bonds is 7. The van der Waals surface area contributed by atoms with E-state index in [4.69, 9.17) is 4.74 Å². The minimum absolute atomic E-state index is 0.225. The highest BCUT2D eigenvalue weighted by Crippen LogP contribution is 2.34. The van der Waals surface area contributed by atoms with Gasteiger partial charge in [-0.1, -0.05) is 44.2 Å². The molecule has 1 aromatic heterocycles. The van der Waals surface area contributed by atoms with Crippen molar-refractivity contribution in [2.24, 2.45) is 5.92 Å². The molecule has 1 heterocycles. The molecular formula is C20H24N2O4S. The van der Waals surface area contributed by atoms with E-state index in [-0.39, 0.29) is 23.3 Å². The Balaban J connectivity index is 2.17. The average Bonchev–Trinajstić information content (AvgIpc) is 2.97. The number of carbonyl (C=O) groups excluding carboxylic acids is 3. The smallest absolute Gasteiger partial charge is 0.341 e. The largest absolute Gasteiger partial charge is 0.465 e. The molecular weight excluding hydrogens is 364 g/mol. The van der Waals surface area contributed by atoms with Gasteiger partial charge in [0.25, 0.3) is 5.91 Å². The van der Waals surface area contributed by atoms with E-state index in [1.54, 1.807) is 20.8 Å². The number of hydrogen-bond donors (Lipinski definition) is 2. The first-order chi connectivity index (χ1) is 12.8. The van der Waals surface area contributed by atoms with E-state index in [9.17, 15) is 14.4 Å². The van der Waals surface area contributed by atoms with E-state index in [1.165, 1.54) is 7.11 Å². The quantitative estimate of drug-likeness (QED) is 0.712. The van der Waals surface area contributed by atoms with Crippen LogP contribution in [0.15, 0.2) is 30.3 Å². The Bertz CT molecular complexity index is 828. The van der Waals surface area contributed by atoms with Crippen LogP contribution in [0.2, 0.25) is 0 Å². The first-order valence-corrected chi connectivity index (χ1v) is 9.51. The number of ether oxygens (including phenoxy) is 1. The maximum Gasteiger partial charge on any atom is 0.341 e. The number of carbonyl (C=O) groups is 3. The van der Waals surface area contributed by atoms with Crippen LogP contribution in [-0.4, -0.2) is 31.4 Å². The average molecular weight is 388 g/mol. The number of nitrogens with one attached hydrogen (secondary N) is 2. The summed E-state index contributed by atoms with van der Waals surface area (Å²) in [5, 5.41) is 5.93. The Morgan fingerprint density at radius 1 is 1.15 bits per heavy atom. The lowest BCUT2D eigenvalue weighted by Crippen LogP contribution is -2.25. The van der Waals surface area contributed by atoms with Crippen molar-refractivity contribution in [3.63, 3.8) is 0 Å². The predicted molar refractivity (Wildman–Crippen MR) is 106 cm³/mol. The van der Waals surface area contributed by atoms with Crippen LogP contribution in [0, 0.1) is 12.8 Å². The van der Waals surface area contributed by atoms with Crippen molar-refractivity contribution in [1.82, 2.24) is 5.32 Å². The minimum atomic E-state index is -0.578. The molecule has 6 nitrogen and oxygen atoms in total. The zero-order valence-corrected chi connectivity index (χ0v) is 16.7. The summed E-state index contributed by atoms with van der Waals surface area (Å²) in [4.78, 5) is 37.2. The third-order valence-electron chi connectivity index (χ3n) is 4.05. The Hall–Kier alpha value is -2.67. The molecule has 0 aliphatic rings. The molecule has 27 heavy (non-hydrogen) atoms. The molecule has 0 bridgehead atoms. The number of thiophene rings is 1. The van der Waals surface area contributed by atoms with Crippen LogP contribution in [-0.2, 0) is 16.0 Å². The van der Waals surface area contributed by atoms with Crippen LogP contribution in [0.5, 0.6) is 0 Å². The molecule has 0 saturated carbocycles. The summed E-state index contributed by atoms with van der Waals surface area (Å²) in [5.74, 6) is -1.33. The standard InChI is InChI=1S/C20H24N2O4S/c1-12(2)17(23)22-19-15(20(25)26-4)13(3)16(27-19)18(24)21-11-10-14-8-6-5-7-9-14/h5-9,12H,10-11H2,1-4H3,(H,21,24)(H,22,23). The summed E-state index contributed by atoms with van der Waals surface area (Å²) in [6.07, 6.45) is 0.706. The van der Waals surface area contributed by atoms with Gasteiger partial charge in [-0.3, -0.25) is 9.59 Å². The lowest BCUT2D eigenvalue weighted by Gasteiger charge is -2.07. The molecule has 0 spiro atoms. The fourth-order valence-corrected chi connectivity index (χ4v) is 3.58. The molecule has 144 valence electrons. The molecule has 0 aliphatic carbocycles. The topological polar surface area (TPSA) is 84.5 Å².